The Hall–Kier alpha value is -2.26. The van der Waals surface area contributed by atoms with Crippen molar-refractivity contribution in [2.45, 2.75) is 6.92 Å². The fourth-order valence-corrected chi connectivity index (χ4v) is 1.32. The molecule has 0 fully saturated rings. The number of allylic oxidation sites excluding steroid dienone is 1. The Morgan fingerprint density at radius 2 is 2.07 bits per heavy atom. The van der Waals surface area contributed by atoms with E-state index in [1.807, 2.05) is 19.1 Å². The molecule has 74 valence electrons. The van der Waals surface area contributed by atoms with Crippen molar-refractivity contribution >= 4 is 6.08 Å². The molecule has 0 atom stereocenters. The summed E-state index contributed by atoms with van der Waals surface area (Å²) in [7, 11) is 1.52. The van der Waals surface area contributed by atoms with Crippen LogP contribution in [0.25, 0.3) is 6.08 Å². The Morgan fingerprint density at radius 1 is 1.33 bits per heavy atom. The number of nitrogens with zero attached hydrogens (tertiary/aromatic N) is 2. The van der Waals surface area contributed by atoms with Crippen molar-refractivity contribution in [1.29, 1.82) is 10.5 Å². The molecule has 0 aromatic heterocycles. The summed E-state index contributed by atoms with van der Waals surface area (Å²) in [6.07, 6.45) is 2.95. The minimum Gasteiger partial charge on any atom is -0.495 e. The van der Waals surface area contributed by atoms with Gasteiger partial charge in [0.25, 0.3) is 0 Å². The first kappa shape index (κ1) is 10.8. The quantitative estimate of drug-likeness (QED) is 0.685. The van der Waals surface area contributed by atoms with Gasteiger partial charge in [-0.15, -0.1) is 0 Å². The van der Waals surface area contributed by atoms with Crippen LogP contribution >= 0.6 is 0 Å². The van der Waals surface area contributed by atoms with Gasteiger partial charge >= 0.3 is 0 Å². The summed E-state index contributed by atoms with van der Waals surface area (Å²) in [6, 6.07) is 7.60. The largest absolute Gasteiger partial charge is 0.495 e. The molecule has 3 heteroatoms. The molecule has 3 nitrogen and oxygen atoms in total. The Balaban J connectivity index is 3.38. The fraction of sp³-hybridized carbons (Fsp3) is 0.167. The molecule has 0 spiro atoms. The average Bonchev–Trinajstić information content (AvgIpc) is 2.25. The molecule has 0 bridgehead atoms. The van der Waals surface area contributed by atoms with E-state index in [0.29, 0.717) is 16.9 Å². The van der Waals surface area contributed by atoms with E-state index in [0.717, 1.165) is 5.56 Å². The average molecular weight is 198 g/mol. The zero-order valence-corrected chi connectivity index (χ0v) is 8.61. The van der Waals surface area contributed by atoms with Gasteiger partial charge in [0.1, 0.15) is 17.4 Å². The third kappa shape index (κ3) is 2.36. The molecule has 0 N–H and O–H groups in total. The third-order valence-corrected chi connectivity index (χ3v) is 1.95. The summed E-state index contributed by atoms with van der Waals surface area (Å²) < 4.78 is 5.10. The second-order valence-corrected chi connectivity index (χ2v) is 3.01. The van der Waals surface area contributed by atoms with Gasteiger partial charge in [0.2, 0.25) is 0 Å². The van der Waals surface area contributed by atoms with Crippen molar-refractivity contribution in [3.63, 3.8) is 0 Å². The highest BCUT2D eigenvalue weighted by Crippen LogP contribution is 2.24. The SMILES string of the molecule is COc1cc(C)cc(/C=C/C#N)c1C#N. The molecule has 1 aromatic carbocycles. The van der Waals surface area contributed by atoms with E-state index in [-0.39, 0.29) is 0 Å². The summed E-state index contributed by atoms with van der Waals surface area (Å²) >= 11 is 0. The zero-order valence-electron chi connectivity index (χ0n) is 8.61. The number of methoxy groups -OCH3 is 1. The number of ether oxygens (including phenoxy) is 1. The van der Waals surface area contributed by atoms with Gasteiger partial charge in [0.15, 0.2) is 0 Å². The van der Waals surface area contributed by atoms with Crippen molar-refractivity contribution in [3.05, 3.63) is 34.9 Å². The topological polar surface area (TPSA) is 56.8 Å². The van der Waals surface area contributed by atoms with Crippen molar-refractivity contribution in [1.82, 2.24) is 0 Å². The lowest BCUT2D eigenvalue weighted by molar-refractivity contribution is 0.413. The van der Waals surface area contributed by atoms with Crippen LogP contribution in [-0.4, -0.2) is 7.11 Å². The van der Waals surface area contributed by atoms with Gasteiger partial charge in [-0.1, -0.05) is 6.07 Å². The second kappa shape index (κ2) is 4.83. The van der Waals surface area contributed by atoms with E-state index < -0.39 is 0 Å². The standard InChI is InChI=1S/C12H10N2O/c1-9-6-10(4-3-5-13)11(8-14)12(7-9)15-2/h3-4,6-7H,1-2H3/b4-3+. The Morgan fingerprint density at radius 3 is 2.60 bits per heavy atom. The van der Waals surface area contributed by atoms with E-state index in [1.165, 1.54) is 13.2 Å². The molecule has 0 unspecified atom stereocenters. The number of hydrogen-bond donors (Lipinski definition) is 0. The summed E-state index contributed by atoms with van der Waals surface area (Å²) in [5.41, 5.74) is 2.15. The van der Waals surface area contributed by atoms with Crippen molar-refractivity contribution in [2.75, 3.05) is 7.11 Å². The maximum Gasteiger partial charge on any atom is 0.137 e. The van der Waals surface area contributed by atoms with E-state index in [1.54, 1.807) is 12.1 Å². The molecule has 1 rings (SSSR count). The van der Waals surface area contributed by atoms with Gasteiger partial charge in [-0.2, -0.15) is 10.5 Å². The van der Waals surface area contributed by atoms with Gasteiger partial charge in [0, 0.05) is 6.08 Å². The predicted molar refractivity (Wildman–Crippen MR) is 57.1 cm³/mol. The highest BCUT2D eigenvalue weighted by molar-refractivity contribution is 5.65. The van der Waals surface area contributed by atoms with Crippen molar-refractivity contribution in [2.24, 2.45) is 0 Å². The van der Waals surface area contributed by atoms with Crippen LogP contribution in [0.4, 0.5) is 0 Å². The molecular weight excluding hydrogens is 188 g/mol. The Kier molecular flexibility index (Phi) is 3.49. The number of aryl methyl sites for hydroxylation is 1. The van der Waals surface area contributed by atoms with Gasteiger partial charge in [-0.3, -0.25) is 0 Å². The molecular formula is C12H10N2O. The van der Waals surface area contributed by atoms with Crippen LogP contribution < -0.4 is 4.74 Å². The normalized spacial score (nSPS) is 9.60. The van der Waals surface area contributed by atoms with Crippen LogP contribution in [0.2, 0.25) is 0 Å². The number of benzene rings is 1. The lowest BCUT2D eigenvalue weighted by atomic mass is 10.0. The van der Waals surface area contributed by atoms with Gasteiger partial charge < -0.3 is 4.74 Å². The lowest BCUT2D eigenvalue weighted by Crippen LogP contribution is -1.92. The van der Waals surface area contributed by atoms with E-state index in [4.69, 9.17) is 15.3 Å². The van der Waals surface area contributed by atoms with Crippen LogP contribution in [0, 0.1) is 29.6 Å². The molecule has 0 radical (unpaired) electrons. The molecule has 0 heterocycles. The van der Waals surface area contributed by atoms with Gasteiger partial charge in [0.05, 0.1) is 13.2 Å². The summed E-state index contributed by atoms with van der Waals surface area (Å²) in [4.78, 5) is 0. The number of nitriles is 2. The first-order chi connectivity index (χ1) is 7.22. The maximum atomic E-state index is 8.97. The molecule has 15 heavy (non-hydrogen) atoms. The van der Waals surface area contributed by atoms with E-state index in [2.05, 4.69) is 6.07 Å². The molecule has 0 aliphatic carbocycles. The minimum atomic E-state index is 0.453. The number of hydrogen-bond acceptors (Lipinski definition) is 3. The van der Waals surface area contributed by atoms with Crippen LogP contribution in [-0.2, 0) is 0 Å². The molecule has 0 amide bonds. The van der Waals surface area contributed by atoms with E-state index in [9.17, 15) is 0 Å². The third-order valence-electron chi connectivity index (χ3n) is 1.95. The van der Waals surface area contributed by atoms with Crippen LogP contribution in [0.5, 0.6) is 5.75 Å². The summed E-state index contributed by atoms with van der Waals surface area (Å²) in [5, 5.41) is 17.4. The smallest absolute Gasteiger partial charge is 0.137 e. The van der Waals surface area contributed by atoms with E-state index >= 15 is 0 Å². The zero-order chi connectivity index (χ0) is 11.3. The van der Waals surface area contributed by atoms with Crippen molar-refractivity contribution in [3.8, 4) is 17.9 Å². The minimum absolute atomic E-state index is 0.453. The first-order valence-electron chi connectivity index (χ1n) is 4.37. The van der Waals surface area contributed by atoms with Gasteiger partial charge in [-0.25, -0.2) is 0 Å². The molecule has 0 aliphatic rings. The Labute approximate surface area is 88.8 Å². The molecule has 0 saturated heterocycles. The molecule has 0 saturated carbocycles. The van der Waals surface area contributed by atoms with Gasteiger partial charge in [-0.05, 0) is 30.2 Å². The predicted octanol–water partition coefficient (Wildman–Crippen LogP) is 2.41. The Bertz CT molecular complexity index is 476. The molecule has 0 aliphatic heterocycles. The number of rotatable bonds is 2. The van der Waals surface area contributed by atoms with Crippen LogP contribution in [0.1, 0.15) is 16.7 Å². The summed E-state index contributed by atoms with van der Waals surface area (Å²) in [5.74, 6) is 0.537. The first-order valence-corrected chi connectivity index (χ1v) is 4.37. The maximum absolute atomic E-state index is 8.97. The monoisotopic (exact) mass is 198 g/mol. The van der Waals surface area contributed by atoms with Crippen molar-refractivity contribution < 1.29 is 4.74 Å². The molecule has 1 aromatic rings. The summed E-state index contributed by atoms with van der Waals surface area (Å²) in [6.45, 7) is 1.91. The second-order valence-electron chi connectivity index (χ2n) is 3.01. The fourth-order valence-electron chi connectivity index (χ4n) is 1.32. The van der Waals surface area contributed by atoms with Crippen LogP contribution in [0.15, 0.2) is 18.2 Å². The highest BCUT2D eigenvalue weighted by Gasteiger charge is 2.07. The highest BCUT2D eigenvalue weighted by atomic mass is 16.5. The lowest BCUT2D eigenvalue weighted by Gasteiger charge is -2.06. The van der Waals surface area contributed by atoms with Crippen LogP contribution in [0.3, 0.4) is 0 Å².